The molecular weight excluding hydrogens is 338 g/mol. The van der Waals surface area contributed by atoms with Crippen LogP contribution in [0.5, 0.6) is 0 Å². The second-order valence-electron chi connectivity index (χ2n) is 5.96. The third-order valence-corrected chi connectivity index (χ3v) is 7.27. The molecule has 9 heteroatoms. The van der Waals surface area contributed by atoms with Crippen molar-refractivity contribution in [3.63, 3.8) is 0 Å². The van der Waals surface area contributed by atoms with Crippen molar-refractivity contribution in [1.82, 2.24) is 14.5 Å². The van der Waals surface area contributed by atoms with Crippen LogP contribution in [0.3, 0.4) is 0 Å². The highest BCUT2D eigenvalue weighted by Crippen LogP contribution is 2.25. The van der Waals surface area contributed by atoms with Gasteiger partial charge in [-0.25, -0.2) is 26.2 Å². The molecule has 2 aromatic rings. The van der Waals surface area contributed by atoms with Crippen molar-refractivity contribution in [2.24, 2.45) is 0 Å². The van der Waals surface area contributed by atoms with Crippen LogP contribution in [-0.4, -0.2) is 43.7 Å². The van der Waals surface area contributed by atoms with E-state index in [1.54, 1.807) is 6.92 Å². The van der Waals surface area contributed by atoms with E-state index in [1.165, 1.54) is 17.1 Å². The minimum Gasteiger partial charge on any atom is -0.240 e. The maximum absolute atomic E-state index is 12.5. The lowest BCUT2D eigenvalue weighted by atomic mass is 10.0. The number of hydrogen-bond donors (Lipinski definition) is 1. The van der Waals surface area contributed by atoms with E-state index >= 15 is 0 Å². The molecule has 3 rings (SSSR count). The largest absolute Gasteiger partial charge is 0.244 e. The topological polar surface area (TPSA) is 98.1 Å². The average molecular weight is 355 g/mol. The SMILES string of the molecule is CC1(NS(=O)(=O)c2cnn(-c3ccccc3)c2)CCS(=O)(=O)C1. The minimum atomic E-state index is -3.84. The summed E-state index contributed by atoms with van der Waals surface area (Å²) >= 11 is 0. The molecule has 1 unspecified atom stereocenters. The molecule has 7 nitrogen and oxygen atoms in total. The molecule has 0 saturated carbocycles. The van der Waals surface area contributed by atoms with Crippen LogP contribution in [0.4, 0.5) is 0 Å². The Morgan fingerprint density at radius 2 is 1.96 bits per heavy atom. The molecule has 0 amide bonds. The summed E-state index contributed by atoms with van der Waals surface area (Å²) in [7, 11) is -7.03. The summed E-state index contributed by atoms with van der Waals surface area (Å²) in [5.74, 6) is -0.193. The van der Waals surface area contributed by atoms with Crippen LogP contribution in [0.25, 0.3) is 5.69 Å². The number of benzene rings is 1. The second-order valence-corrected chi connectivity index (χ2v) is 9.83. The van der Waals surface area contributed by atoms with E-state index in [9.17, 15) is 16.8 Å². The van der Waals surface area contributed by atoms with Gasteiger partial charge in [0.2, 0.25) is 10.0 Å². The number of para-hydroxylation sites is 1. The van der Waals surface area contributed by atoms with E-state index in [0.29, 0.717) is 0 Å². The van der Waals surface area contributed by atoms with Crippen LogP contribution in [-0.2, 0) is 19.9 Å². The van der Waals surface area contributed by atoms with E-state index in [-0.39, 0.29) is 22.8 Å². The normalized spacial score (nSPS) is 23.9. The molecule has 1 fully saturated rings. The monoisotopic (exact) mass is 355 g/mol. The zero-order valence-electron chi connectivity index (χ0n) is 12.5. The summed E-state index contributed by atoms with van der Waals surface area (Å²) in [6, 6.07) is 9.12. The van der Waals surface area contributed by atoms with Crippen molar-refractivity contribution < 1.29 is 16.8 Å². The Morgan fingerprint density at radius 3 is 2.57 bits per heavy atom. The molecule has 124 valence electrons. The van der Waals surface area contributed by atoms with Crippen LogP contribution in [0, 0.1) is 0 Å². The highest BCUT2D eigenvalue weighted by atomic mass is 32.2. The van der Waals surface area contributed by atoms with Crippen molar-refractivity contribution in [3.8, 4) is 5.69 Å². The van der Waals surface area contributed by atoms with Gasteiger partial charge in [0.05, 0.1) is 29.6 Å². The number of aromatic nitrogens is 2. The number of rotatable bonds is 4. The fraction of sp³-hybridized carbons (Fsp3) is 0.357. The fourth-order valence-electron chi connectivity index (χ4n) is 2.64. The Morgan fingerprint density at radius 1 is 1.26 bits per heavy atom. The molecule has 1 aromatic carbocycles. The predicted octanol–water partition coefficient (Wildman–Crippen LogP) is 0.728. The van der Waals surface area contributed by atoms with E-state index in [4.69, 9.17) is 0 Å². The summed E-state index contributed by atoms with van der Waals surface area (Å²) in [5.41, 5.74) is -0.240. The van der Waals surface area contributed by atoms with Gasteiger partial charge in [-0.05, 0) is 25.5 Å². The molecular formula is C14H17N3O4S2. The Kier molecular flexibility index (Phi) is 3.81. The van der Waals surface area contributed by atoms with Crippen LogP contribution >= 0.6 is 0 Å². The second kappa shape index (κ2) is 5.43. The standard InChI is InChI=1S/C14H17N3O4S2/c1-14(7-8-22(18,19)11-14)16-23(20,21)13-9-15-17(10-13)12-5-3-2-4-6-12/h2-6,9-10,16H,7-8,11H2,1H3. The van der Waals surface area contributed by atoms with Gasteiger partial charge in [-0.3, -0.25) is 0 Å². The van der Waals surface area contributed by atoms with Gasteiger partial charge in [-0.15, -0.1) is 0 Å². The Balaban J connectivity index is 1.85. The summed E-state index contributed by atoms with van der Waals surface area (Å²) in [6.45, 7) is 1.61. The highest BCUT2D eigenvalue weighted by molar-refractivity contribution is 7.92. The summed E-state index contributed by atoms with van der Waals surface area (Å²) < 4.78 is 52.2. The molecule has 0 bridgehead atoms. The zero-order valence-corrected chi connectivity index (χ0v) is 14.1. The van der Waals surface area contributed by atoms with Crippen LogP contribution in [0.15, 0.2) is 47.6 Å². The van der Waals surface area contributed by atoms with Crippen LogP contribution in [0.2, 0.25) is 0 Å². The maximum atomic E-state index is 12.5. The first kappa shape index (κ1) is 16.2. The van der Waals surface area contributed by atoms with Gasteiger partial charge in [-0.1, -0.05) is 18.2 Å². The molecule has 0 radical (unpaired) electrons. The molecule has 1 aliphatic rings. The third-order valence-electron chi connectivity index (χ3n) is 3.77. The molecule has 1 N–H and O–H groups in total. The molecule has 0 spiro atoms. The molecule has 0 aliphatic carbocycles. The van der Waals surface area contributed by atoms with Gasteiger partial charge in [0.15, 0.2) is 9.84 Å². The quantitative estimate of drug-likeness (QED) is 0.872. The first-order valence-corrected chi connectivity index (χ1v) is 10.3. The zero-order chi connectivity index (χ0) is 16.7. The molecule has 23 heavy (non-hydrogen) atoms. The lowest BCUT2D eigenvalue weighted by Gasteiger charge is -2.22. The Labute approximate surface area is 135 Å². The molecule has 2 heterocycles. The van der Waals surface area contributed by atoms with E-state index in [2.05, 4.69) is 9.82 Å². The van der Waals surface area contributed by atoms with E-state index in [0.717, 1.165) is 5.69 Å². The third kappa shape index (κ3) is 3.46. The number of nitrogens with zero attached hydrogens (tertiary/aromatic N) is 2. The number of nitrogens with one attached hydrogen (secondary N) is 1. The first-order chi connectivity index (χ1) is 10.7. The van der Waals surface area contributed by atoms with Crippen molar-refractivity contribution in [2.75, 3.05) is 11.5 Å². The Bertz CT molecular complexity index is 920. The minimum absolute atomic E-state index is 0.00467. The summed E-state index contributed by atoms with van der Waals surface area (Å²) in [5, 5.41) is 4.06. The van der Waals surface area contributed by atoms with Crippen LogP contribution < -0.4 is 4.72 Å². The van der Waals surface area contributed by atoms with Crippen molar-refractivity contribution >= 4 is 19.9 Å². The van der Waals surface area contributed by atoms with E-state index < -0.39 is 25.4 Å². The summed E-state index contributed by atoms with van der Waals surface area (Å²) in [4.78, 5) is 0.00637. The molecule has 1 saturated heterocycles. The number of sulfonamides is 1. The average Bonchev–Trinajstić information content (AvgIpc) is 3.05. The molecule has 1 aliphatic heterocycles. The predicted molar refractivity (Wildman–Crippen MR) is 85.6 cm³/mol. The van der Waals surface area contributed by atoms with Gasteiger partial charge in [-0.2, -0.15) is 5.10 Å². The van der Waals surface area contributed by atoms with E-state index in [1.807, 2.05) is 30.3 Å². The van der Waals surface area contributed by atoms with Gasteiger partial charge < -0.3 is 0 Å². The maximum Gasteiger partial charge on any atom is 0.244 e. The van der Waals surface area contributed by atoms with Gasteiger partial charge in [0.1, 0.15) is 4.90 Å². The number of hydrogen-bond acceptors (Lipinski definition) is 5. The van der Waals surface area contributed by atoms with Crippen molar-refractivity contribution in [1.29, 1.82) is 0 Å². The van der Waals surface area contributed by atoms with Gasteiger partial charge in [0, 0.05) is 5.54 Å². The smallest absolute Gasteiger partial charge is 0.240 e. The van der Waals surface area contributed by atoms with Crippen molar-refractivity contribution in [2.45, 2.75) is 23.8 Å². The van der Waals surface area contributed by atoms with Crippen molar-refractivity contribution in [3.05, 3.63) is 42.7 Å². The summed E-state index contributed by atoms with van der Waals surface area (Å²) in [6.07, 6.45) is 2.92. The lowest BCUT2D eigenvalue weighted by molar-refractivity contribution is 0.462. The molecule has 1 aromatic heterocycles. The number of sulfone groups is 1. The highest BCUT2D eigenvalue weighted by Gasteiger charge is 2.41. The van der Waals surface area contributed by atoms with Crippen LogP contribution in [0.1, 0.15) is 13.3 Å². The Hall–Kier alpha value is -1.71. The molecule has 1 atom stereocenters. The fourth-order valence-corrected chi connectivity index (χ4v) is 6.19. The van der Waals surface area contributed by atoms with Gasteiger partial charge >= 0.3 is 0 Å². The first-order valence-electron chi connectivity index (χ1n) is 7.04. The lowest BCUT2D eigenvalue weighted by Crippen LogP contribution is -2.46. The van der Waals surface area contributed by atoms with Gasteiger partial charge in [0.25, 0.3) is 0 Å².